The van der Waals surface area contributed by atoms with Crippen LogP contribution >= 0.6 is 11.6 Å². The van der Waals surface area contributed by atoms with Gasteiger partial charge in [-0.2, -0.15) is 0 Å². The van der Waals surface area contributed by atoms with E-state index in [0.717, 1.165) is 28.0 Å². The molecular formula is C22H15ClN3. The summed E-state index contributed by atoms with van der Waals surface area (Å²) in [5, 5.41) is 0.422. The Hall–Kier alpha value is -2.78. The predicted octanol–water partition coefficient (Wildman–Crippen LogP) is 5.73. The van der Waals surface area contributed by atoms with E-state index >= 15 is 0 Å². The fourth-order valence-corrected chi connectivity index (χ4v) is 3.28. The highest BCUT2D eigenvalue weighted by Gasteiger charge is 2.24. The third-order valence-corrected chi connectivity index (χ3v) is 4.82. The third-order valence-electron chi connectivity index (χ3n) is 4.61. The highest BCUT2D eigenvalue weighted by Crippen LogP contribution is 2.39. The average molecular weight is 357 g/mol. The zero-order chi connectivity index (χ0) is 17.5. The van der Waals surface area contributed by atoms with Gasteiger partial charge in [0.15, 0.2) is 5.65 Å². The lowest BCUT2D eigenvalue weighted by atomic mass is 10.0. The summed E-state index contributed by atoms with van der Waals surface area (Å²) in [5.74, 6) is 1.53. The Morgan fingerprint density at radius 3 is 2.00 bits per heavy atom. The van der Waals surface area contributed by atoms with Gasteiger partial charge in [-0.3, -0.25) is 0 Å². The summed E-state index contributed by atoms with van der Waals surface area (Å²) in [6.07, 6.45) is 2.43. The number of hydrogen-bond acceptors (Lipinski definition) is 3. The Balaban J connectivity index is 1.72. The topological polar surface area (TPSA) is 38.7 Å². The first-order valence-corrected chi connectivity index (χ1v) is 9.01. The smallest absolute Gasteiger partial charge is 0.180 e. The Labute approximate surface area is 156 Å². The molecule has 0 bridgehead atoms. The van der Waals surface area contributed by atoms with Crippen molar-refractivity contribution in [1.29, 1.82) is 0 Å². The molecule has 0 aliphatic heterocycles. The molecule has 1 fully saturated rings. The van der Waals surface area contributed by atoms with Gasteiger partial charge in [0, 0.05) is 17.0 Å². The van der Waals surface area contributed by atoms with E-state index in [9.17, 15) is 0 Å². The number of nitrogens with zero attached hydrogens (tertiary/aromatic N) is 3. The number of halogens is 1. The van der Waals surface area contributed by atoms with Gasteiger partial charge in [-0.1, -0.05) is 66.2 Å². The summed E-state index contributed by atoms with van der Waals surface area (Å²) >= 11 is 6.05. The van der Waals surface area contributed by atoms with Crippen LogP contribution in [0.1, 0.15) is 18.4 Å². The Morgan fingerprint density at radius 2 is 1.27 bits per heavy atom. The van der Waals surface area contributed by atoms with E-state index in [1.165, 1.54) is 24.3 Å². The van der Waals surface area contributed by atoms with E-state index in [1.54, 1.807) is 6.07 Å². The van der Waals surface area contributed by atoms with Crippen molar-refractivity contribution in [3.63, 3.8) is 0 Å². The van der Waals surface area contributed by atoms with E-state index in [0.29, 0.717) is 10.8 Å². The molecule has 1 aliphatic carbocycles. The predicted molar refractivity (Wildman–Crippen MR) is 105 cm³/mol. The molecule has 0 N–H and O–H groups in total. The molecule has 1 radical (unpaired) electrons. The minimum Gasteiger partial charge on any atom is -0.242 e. The van der Waals surface area contributed by atoms with Gasteiger partial charge in [0.25, 0.3) is 0 Å². The van der Waals surface area contributed by atoms with Crippen LogP contribution in [0.25, 0.3) is 33.7 Å². The van der Waals surface area contributed by atoms with Crippen LogP contribution in [0, 0.1) is 5.92 Å². The molecule has 0 atom stereocenters. The molecule has 4 heteroatoms. The van der Waals surface area contributed by atoms with Crippen molar-refractivity contribution in [2.75, 3.05) is 0 Å². The van der Waals surface area contributed by atoms with E-state index in [4.69, 9.17) is 21.6 Å². The van der Waals surface area contributed by atoms with E-state index in [2.05, 4.69) is 41.4 Å². The van der Waals surface area contributed by atoms with Crippen molar-refractivity contribution in [2.45, 2.75) is 12.8 Å². The van der Waals surface area contributed by atoms with Crippen LogP contribution < -0.4 is 0 Å². The first kappa shape index (κ1) is 15.5. The quantitative estimate of drug-likeness (QED) is 0.440. The monoisotopic (exact) mass is 356 g/mol. The lowest BCUT2D eigenvalue weighted by molar-refractivity contribution is 1.23. The molecule has 2 heterocycles. The normalized spacial score (nSPS) is 13.9. The average Bonchev–Trinajstić information content (AvgIpc) is 3.53. The van der Waals surface area contributed by atoms with Gasteiger partial charge in [-0.15, -0.1) is 0 Å². The summed E-state index contributed by atoms with van der Waals surface area (Å²) in [4.78, 5) is 14.0. The first-order valence-electron chi connectivity index (χ1n) is 8.63. The number of pyridine rings is 1. The van der Waals surface area contributed by atoms with Gasteiger partial charge in [0.1, 0.15) is 10.7 Å². The second-order valence-electron chi connectivity index (χ2n) is 6.44. The van der Waals surface area contributed by atoms with Crippen molar-refractivity contribution in [2.24, 2.45) is 0 Å². The SMILES string of the molecule is Clc1ccc2nc(-c3ccccc3)c(-c3ccc([C]4CC4)cc3)nc2n1. The Bertz CT molecular complexity index is 1090. The van der Waals surface area contributed by atoms with Gasteiger partial charge in [0.2, 0.25) is 0 Å². The van der Waals surface area contributed by atoms with Gasteiger partial charge < -0.3 is 0 Å². The van der Waals surface area contributed by atoms with Gasteiger partial charge >= 0.3 is 0 Å². The molecule has 1 aliphatic rings. The van der Waals surface area contributed by atoms with Gasteiger partial charge in [0.05, 0.1) is 11.4 Å². The minimum absolute atomic E-state index is 0.422. The number of fused-ring (bicyclic) bond motifs is 1. The van der Waals surface area contributed by atoms with E-state index in [-0.39, 0.29) is 0 Å². The molecule has 0 spiro atoms. The van der Waals surface area contributed by atoms with Crippen LogP contribution in [0.2, 0.25) is 5.15 Å². The second kappa shape index (κ2) is 6.19. The summed E-state index contributed by atoms with van der Waals surface area (Å²) in [6, 6.07) is 22.3. The Morgan fingerprint density at radius 1 is 0.615 bits per heavy atom. The van der Waals surface area contributed by atoms with Crippen molar-refractivity contribution in [3.05, 3.63) is 83.4 Å². The molecule has 0 saturated heterocycles. The van der Waals surface area contributed by atoms with Crippen LogP contribution in [0.3, 0.4) is 0 Å². The lowest BCUT2D eigenvalue weighted by Crippen LogP contribution is -1.97. The van der Waals surface area contributed by atoms with Crippen LogP contribution in [0.5, 0.6) is 0 Å². The zero-order valence-corrected chi connectivity index (χ0v) is 14.7. The second-order valence-corrected chi connectivity index (χ2v) is 6.83. The van der Waals surface area contributed by atoms with Gasteiger partial charge in [-0.05, 0) is 30.5 Å². The minimum atomic E-state index is 0.422. The summed E-state index contributed by atoms with van der Waals surface area (Å²) in [5.41, 5.74) is 6.37. The fraction of sp³-hybridized carbons (Fsp3) is 0.0909. The highest BCUT2D eigenvalue weighted by molar-refractivity contribution is 6.29. The molecule has 0 amide bonds. The zero-order valence-electron chi connectivity index (χ0n) is 14.0. The van der Waals surface area contributed by atoms with Gasteiger partial charge in [-0.25, -0.2) is 15.0 Å². The standard InChI is InChI=1S/C22H15ClN3/c23-19-13-12-18-22(25-19)26-21(20(24-18)16-4-2-1-3-5-16)17-10-8-15(9-11-17)14-6-7-14/h1-5,8-13H,6-7H2. The van der Waals surface area contributed by atoms with Crippen LogP contribution in [0.4, 0.5) is 0 Å². The molecule has 1 saturated carbocycles. The van der Waals surface area contributed by atoms with Crippen LogP contribution in [0.15, 0.2) is 66.7 Å². The van der Waals surface area contributed by atoms with Crippen molar-refractivity contribution < 1.29 is 0 Å². The molecule has 2 aromatic heterocycles. The van der Waals surface area contributed by atoms with Crippen molar-refractivity contribution in [1.82, 2.24) is 15.0 Å². The van der Waals surface area contributed by atoms with E-state index in [1.807, 2.05) is 24.3 Å². The molecule has 5 rings (SSSR count). The summed E-state index contributed by atoms with van der Waals surface area (Å²) < 4.78 is 0. The Kier molecular flexibility index (Phi) is 3.68. The maximum atomic E-state index is 6.05. The lowest BCUT2D eigenvalue weighted by Gasteiger charge is -2.11. The largest absolute Gasteiger partial charge is 0.242 e. The molecule has 26 heavy (non-hydrogen) atoms. The molecule has 125 valence electrons. The summed E-state index contributed by atoms with van der Waals surface area (Å²) in [7, 11) is 0. The van der Waals surface area contributed by atoms with Crippen LogP contribution in [-0.4, -0.2) is 15.0 Å². The number of aromatic nitrogens is 3. The van der Waals surface area contributed by atoms with Crippen molar-refractivity contribution in [3.8, 4) is 22.5 Å². The summed E-state index contributed by atoms with van der Waals surface area (Å²) in [6.45, 7) is 0. The fourth-order valence-electron chi connectivity index (χ4n) is 3.13. The number of hydrogen-bond donors (Lipinski definition) is 0. The highest BCUT2D eigenvalue weighted by atomic mass is 35.5. The molecule has 4 aromatic rings. The maximum absolute atomic E-state index is 6.05. The van der Waals surface area contributed by atoms with E-state index < -0.39 is 0 Å². The van der Waals surface area contributed by atoms with Crippen LogP contribution in [-0.2, 0) is 0 Å². The number of benzene rings is 2. The number of rotatable bonds is 3. The maximum Gasteiger partial charge on any atom is 0.180 e. The van der Waals surface area contributed by atoms with Crippen molar-refractivity contribution >= 4 is 22.8 Å². The molecule has 0 unspecified atom stereocenters. The molecule has 3 nitrogen and oxygen atoms in total. The molecule has 2 aromatic carbocycles. The third kappa shape index (κ3) is 2.85. The first-order chi connectivity index (χ1) is 12.8. The molecular weight excluding hydrogens is 342 g/mol.